The van der Waals surface area contributed by atoms with Gasteiger partial charge in [-0.1, -0.05) is 20.8 Å². The number of rotatable bonds is 2. The van der Waals surface area contributed by atoms with Gasteiger partial charge in [0.2, 0.25) is 0 Å². The minimum absolute atomic E-state index is 0.0216. The van der Waals surface area contributed by atoms with Crippen molar-refractivity contribution in [3.63, 3.8) is 0 Å². The summed E-state index contributed by atoms with van der Waals surface area (Å²) in [5.74, 6) is 0. The second-order valence-corrected chi connectivity index (χ2v) is 5.54. The number of imidazole rings is 1. The van der Waals surface area contributed by atoms with E-state index in [9.17, 15) is 14.9 Å². The molecular formula is C12H15N3O3. The maximum Gasteiger partial charge on any atom is 0.326 e. The van der Waals surface area contributed by atoms with Crippen molar-refractivity contribution in [1.29, 1.82) is 0 Å². The molecule has 1 aromatic carbocycles. The van der Waals surface area contributed by atoms with Crippen molar-refractivity contribution in [1.82, 2.24) is 9.55 Å². The fraction of sp³-hybridized carbons (Fsp3) is 0.417. The van der Waals surface area contributed by atoms with E-state index in [-0.39, 0.29) is 16.8 Å². The predicted octanol–water partition coefficient (Wildman–Crippen LogP) is 2.28. The maximum atomic E-state index is 11.8. The van der Waals surface area contributed by atoms with Crippen LogP contribution in [0.1, 0.15) is 20.8 Å². The van der Waals surface area contributed by atoms with Gasteiger partial charge in [0.25, 0.3) is 5.69 Å². The molecule has 6 nitrogen and oxygen atoms in total. The molecule has 18 heavy (non-hydrogen) atoms. The number of nitrogens with zero attached hydrogens (tertiary/aromatic N) is 2. The third-order valence-electron chi connectivity index (χ3n) is 2.60. The number of nitro benzene ring substituents is 1. The zero-order valence-corrected chi connectivity index (χ0v) is 10.6. The van der Waals surface area contributed by atoms with E-state index in [1.54, 1.807) is 10.6 Å². The van der Waals surface area contributed by atoms with E-state index < -0.39 is 4.92 Å². The second kappa shape index (κ2) is 3.97. The number of fused-ring (bicyclic) bond motifs is 1. The molecule has 0 saturated carbocycles. The Bertz CT molecular complexity index is 661. The molecule has 0 fully saturated rings. The van der Waals surface area contributed by atoms with Crippen molar-refractivity contribution >= 4 is 16.7 Å². The summed E-state index contributed by atoms with van der Waals surface area (Å²) in [5.41, 5.74) is 0.895. The molecule has 0 unspecified atom stereocenters. The first-order chi connectivity index (χ1) is 8.28. The minimum atomic E-state index is -0.473. The molecule has 1 heterocycles. The second-order valence-electron chi connectivity index (χ2n) is 5.54. The molecule has 0 aliphatic carbocycles. The highest BCUT2D eigenvalue weighted by Gasteiger charge is 2.17. The van der Waals surface area contributed by atoms with Crippen LogP contribution in [0.15, 0.2) is 23.0 Å². The third-order valence-corrected chi connectivity index (χ3v) is 2.60. The van der Waals surface area contributed by atoms with E-state index in [1.807, 2.05) is 20.8 Å². The molecule has 1 N–H and O–H groups in total. The van der Waals surface area contributed by atoms with Crippen LogP contribution in [0.25, 0.3) is 11.0 Å². The number of benzene rings is 1. The van der Waals surface area contributed by atoms with E-state index in [4.69, 9.17) is 0 Å². The first-order valence-corrected chi connectivity index (χ1v) is 5.65. The van der Waals surface area contributed by atoms with Gasteiger partial charge in [-0.05, 0) is 11.5 Å². The van der Waals surface area contributed by atoms with Gasteiger partial charge in [-0.25, -0.2) is 4.79 Å². The molecule has 2 rings (SSSR count). The lowest BCUT2D eigenvalue weighted by atomic mass is 9.97. The molecule has 0 bridgehead atoms. The molecule has 0 amide bonds. The van der Waals surface area contributed by atoms with Gasteiger partial charge in [0.05, 0.1) is 16.0 Å². The number of hydrogen-bond donors (Lipinski definition) is 1. The zero-order valence-electron chi connectivity index (χ0n) is 10.6. The molecule has 0 atom stereocenters. The number of aromatic amines is 1. The maximum absolute atomic E-state index is 11.8. The van der Waals surface area contributed by atoms with Crippen LogP contribution in [0.3, 0.4) is 0 Å². The lowest BCUT2D eigenvalue weighted by Crippen LogP contribution is -2.24. The van der Waals surface area contributed by atoms with Gasteiger partial charge in [-0.2, -0.15) is 0 Å². The molecule has 1 aromatic heterocycles. The highest BCUT2D eigenvalue weighted by molar-refractivity contribution is 5.77. The molecule has 0 aliphatic heterocycles. The van der Waals surface area contributed by atoms with Crippen molar-refractivity contribution in [3.8, 4) is 0 Å². The van der Waals surface area contributed by atoms with Gasteiger partial charge in [-0.3, -0.25) is 14.7 Å². The third kappa shape index (κ3) is 2.27. The van der Waals surface area contributed by atoms with Gasteiger partial charge in [0.1, 0.15) is 0 Å². The molecular weight excluding hydrogens is 234 g/mol. The number of nitro groups is 1. The largest absolute Gasteiger partial charge is 0.326 e. The summed E-state index contributed by atoms with van der Waals surface area (Å²) in [5, 5.41) is 10.7. The van der Waals surface area contributed by atoms with Crippen LogP contribution in [0.2, 0.25) is 0 Å². The number of aromatic nitrogens is 2. The lowest BCUT2D eigenvalue weighted by molar-refractivity contribution is -0.384. The minimum Gasteiger partial charge on any atom is -0.305 e. The van der Waals surface area contributed by atoms with E-state index in [0.29, 0.717) is 17.6 Å². The average Bonchev–Trinajstić information content (AvgIpc) is 2.52. The Morgan fingerprint density at radius 1 is 1.39 bits per heavy atom. The summed E-state index contributed by atoms with van der Waals surface area (Å²) in [6, 6.07) is 4.40. The number of H-pyrrole nitrogens is 1. The summed E-state index contributed by atoms with van der Waals surface area (Å²) in [4.78, 5) is 24.7. The first kappa shape index (κ1) is 12.3. The van der Waals surface area contributed by atoms with Crippen LogP contribution < -0.4 is 5.69 Å². The Morgan fingerprint density at radius 3 is 2.61 bits per heavy atom. The Morgan fingerprint density at radius 2 is 2.06 bits per heavy atom. The van der Waals surface area contributed by atoms with E-state index >= 15 is 0 Å². The molecule has 96 valence electrons. The number of nitrogens with one attached hydrogen (secondary N) is 1. The van der Waals surface area contributed by atoms with Gasteiger partial charge in [0, 0.05) is 18.7 Å². The molecule has 0 spiro atoms. The fourth-order valence-electron chi connectivity index (χ4n) is 1.90. The van der Waals surface area contributed by atoms with Gasteiger partial charge in [0.15, 0.2) is 0 Å². The summed E-state index contributed by atoms with van der Waals surface area (Å²) in [6.45, 7) is 6.65. The van der Waals surface area contributed by atoms with Crippen molar-refractivity contribution < 1.29 is 4.92 Å². The molecule has 0 aliphatic rings. The average molecular weight is 249 g/mol. The van der Waals surface area contributed by atoms with Crippen molar-refractivity contribution in [2.24, 2.45) is 5.41 Å². The van der Waals surface area contributed by atoms with Crippen LogP contribution in [0, 0.1) is 15.5 Å². The summed E-state index contributed by atoms with van der Waals surface area (Å²) < 4.78 is 1.61. The quantitative estimate of drug-likeness (QED) is 0.654. The molecule has 6 heteroatoms. The number of non-ortho nitro benzene ring substituents is 1. The van der Waals surface area contributed by atoms with Crippen LogP contribution in [-0.2, 0) is 6.54 Å². The van der Waals surface area contributed by atoms with Crippen LogP contribution in [-0.4, -0.2) is 14.5 Å². The zero-order chi connectivity index (χ0) is 13.5. The Labute approximate surface area is 103 Å². The highest BCUT2D eigenvalue weighted by Crippen LogP contribution is 2.21. The van der Waals surface area contributed by atoms with E-state index in [0.717, 1.165) is 0 Å². The van der Waals surface area contributed by atoms with Crippen LogP contribution >= 0.6 is 0 Å². The van der Waals surface area contributed by atoms with E-state index in [2.05, 4.69) is 4.98 Å². The smallest absolute Gasteiger partial charge is 0.305 e. The molecule has 0 radical (unpaired) electrons. The Hall–Kier alpha value is -2.11. The summed E-state index contributed by atoms with van der Waals surface area (Å²) in [6.07, 6.45) is 0. The molecule has 0 saturated heterocycles. The van der Waals surface area contributed by atoms with Crippen molar-refractivity contribution in [2.45, 2.75) is 27.3 Å². The SMILES string of the molecule is CC(C)(C)Cn1c(=O)[nH]c2cc([N+](=O)[O-])ccc21. The highest BCUT2D eigenvalue weighted by atomic mass is 16.6. The topological polar surface area (TPSA) is 80.9 Å². The standard InChI is InChI=1S/C12H15N3O3/c1-12(2,3)7-14-10-5-4-8(15(17)18)6-9(10)13-11(14)16/h4-6H,7H2,1-3H3,(H,13,16). The lowest BCUT2D eigenvalue weighted by Gasteiger charge is -2.18. The summed E-state index contributed by atoms with van der Waals surface area (Å²) >= 11 is 0. The Balaban J connectivity index is 2.59. The monoisotopic (exact) mass is 249 g/mol. The van der Waals surface area contributed by atoms with Crippen LogP contribution in [0.4, 0.5) is 5.69 Å². The number of hydrogen-bond acceptors (Lipinski definition) is 3. The predicted molar refractivity (Wildman–Crippen MR) is 68.7 cm³/mol. The van der Waals surface area contributed by atoms with Gasteiger partial charge >= 0.3 is 5.69 Å². The molecule has 2 aromatic rings. The normalized spacial score (nSPS) is 11.9. The van der Waals surface area contributed by atoms with Crippen LogP contribution in [0.5, 0.6) is 0 Å². The van der Waals surface area contributed by atoms with E-state index in [1.165, 1.54) is 12.1 Å². The first-order valence-electron chi connectivity index (χ1n) is 5.65. The van der Waals surface area contributed by atoms with Gasteiger partial charge < -0.3 is 4.98 Å². The van der Waals surface area contributed by atoms with Gasteiger partial charge in [-0.15, -0.1) is 0 Å². The fourth-order valence-corrected chi connectivity index (χ4v) is 1.90. The summed E-state index contributed by atoms with van der Waals surface area (Å²) in [7, 11) is 0. The Kier molecular flexibility index (Phi) is 2.73. The van der Waals surface area contributed by atoms with Crippen molar-refractivity contribution in [2.75, 3.05) is 0 Å². The van der Waals surface area contributed by atoms with Crippen molar-refractivity contribution in [3.05, 3.63) is 38.8 Å².